The lowest BCUT2D eigenvalue weighted by Gasteiger charge is -2.19. The molecule has 0 saturated carbocycles. The number of non-ortho nitro benzene ring substituents is 1. The Morgan fingerprint density at radius 1 is 0.971 bits per heavy atom. The molecular formula is C22H32N4O8. The summed E-state index contributed by atoms with van der Waals surface area (Å²) in [5, 5.41) is 18.9. The van der Waals surface area contributed by atoms with E-state index in [0.717, 1.165) is 12.1 Å². The van der Waals surface area contributed by atoms with Crippen molar-refractivity contribution in [3.05, 3.63) is 33.9 Å². The number of unbranched alkanes of at least 4 members (excludes halogenated alkanes) is 2. The van der Waals surface area contributed by atoms with E-state index in [2.05, 4.69) is 20.7 Å². The minimum absolute atomic E-state index is 0.00131. The van der Waals surface area contributed by atoms with E-state index in [4.69, 9.17) is 4.74 Å². The van der Waals surface area contributed by atoms with Gasteiger partial charge in [0.15, 0.2) is 0 Å². The molecule has 1 aromatic rings. The molecule has 12 heteroatoms. The van der Waals surface area contributed by atoms with Crippen molar-refractivity contribution in [1.82, 2.24) is 10.6 Å². The summed E-state index contributed by atoms with van der Waals surface area (Å²) in [6.07, 6.45) is 1.48. The zero-order chi connectivity index (χ0) is 25.7. The fourth-order valence-corrected chi connectivity index (χ4v) is 2.72. The van der Waals surface area contributed by atoms with E-state index < -0.39 is 28.5 Å². The number of esters is 1. The number of anilines is 1. The summed E-state index contributed by atoms with van der Waals surface area (Å²) < 4.78 is 9.61. The van der Waals surface area contributed by atoms with Crippen LogP contribution in [0.4, 0.5) is 16.2 Å². The number of nitrogens with one attached hydrogen (secondary N) is 3. The molecule has 1 aromatic carbocycles. The minimum atomic E-state index is -0.668. The lowest BCUT2D eigenvalue weighted by molar-refractivity contribution is -0.384. The number of hydrogen-bond acceptors (Lipinski definition) is 8. The molecule has 0 aliphatic heterocycles. The van der Waals surface area contributed by atoms with Gasteiger partial charge in [0.25, 0.3) is 11.6 Å². The largest absolute Gasteiger partial charge is 0.469 e. The second-order valence-corrected chi connectivity index (χ2v) is 8.40. The Bertz CT molecular complexity index is 895. The maximum Gasteiger partial charge on any atom is 0.407 e. The van der Waals surface area contributed by atoms with Crippen LogP contribution in [0.15, 0.2) is 18.2 Å². The van der Waals surface area contributed by atoms with Gasteiger partial charge < -0.3 is 25.4 Å². The predicted molar refractivity (Wildman–Crippen MR) is 123 cm³/mol. The Balaban J connectivity index is 2.53. The second-order valence-electron chi connectivity index (χ2n) is 8.40. The monoisotopic (exact) mass is 480 g/mol. The van der Waals surface area contributed by atoms with Gasteiger partial charge in [-0.1, -0.05) is 6.42 Å². The van der Waals surface area contributed by atoms with Crippen LogP contribution in [0.25, 0.3) is 0 Å². The number of hydrogen-bond donors (Lipinski definition) is 3. The van der Waals surface area contributed by atoms with E-state index >= 15 is 0 Å². The Morgan fingerprint density at radius 3 is 2.29 bits per heavy atom. The summed E-state index contributed by atoms with van der Waals surface area (Å²) in [6.45, 7) is 5.72. The molecule has 0 saturated heterocycles. The number of nitrogens with zero attached hydrogens (tertiary/aromatic N) is 1. The average Bonchev–Trinajstić information content (AvgIpc) is 2.74. The molecule has 0 atom stereocenters. The third-order valence-electron chi connectivity index (χ3n) is 4.27. The van der Waals surface area contributed by atoms with E-state index in [1.807, 2.05) is 0 Å². The molecule has 0 aliphatic carbocycles. The highest BCUT2D eigenvalue weighted by Gasteiger charge is 2.17. The van der Waals surface area contributed by atoms with E-state index in [9.17, 15) is 29.3 Å². The van der Waals surface area contributed by atoms with Gasteiger partial charge in [-0.3, -0.25) is 24.5 Å². The number of nitro benzene ring substituents is 1. The summed E-state index contributed by atoms with van der Waals surface area (Å²) >= 11 is 0. The lowest BCUT2D eigenvalue weighted by atomic mass is 10.1. The molecule has 0 radical (unpaired) electrons. The van der Waals surface area contributed by atoms with Crippen molar-refractivity contribution in [2.45, 2.75) is 58.5 Å². The Morgan fingerprint density at radius 2 is 1.68 bits per heavy atom. The Labute approximate surface area is 197 Å². The lowest BCUT2D eigenvalue weighted by Crippen LogP contribution is -2.33. The van der Waals surface area contributed by atoms with E-state index in [1.54, 1.807) is 20.8 Å². The standard InChI is InChI=1S/C22H32N4O8/c1-22(2,3)34-21(30)24-10-7-5-6-8-18(27)25-16-12-15(13-17(14-16)26(31)32)20(29)23-11-9-19(28)33-4/h12-14H,5-11H2,1-4H3,(H,23,29)(H,24,30)(H,25,27). The molecule has 0 aliphatic rings. The smallest absolute Gasteiger partial charge is 0.407 e. The van der Waals surface area contributed by atoms with Crippen LogP contribution in [-0.2, 0) is 19.1 Å². The summed E-state index contributed by atoms with van der Waals surface area (Å²) in [6, 6.07) is 3.57. The van der Waals surface area contributed by atoms with Crippen LogP contribution < -0.4 is 16.0 Å². The van der Waals surface area contributed by atoms with Gasteiger partial charge in [0.2, 0.25) is 5.91 Å². The number of carbonyl (C=O) groups excluding carboxylic acids is 4. The summed E-state index contributed by atoms with van der Waals surface area (Å²) in [4.78, 5) is 57.8. The van der Waals surface area contributed by atoms with Gasteiger partial charge >= 0.3 is 12.1 Å². The van der Waals surface area contributed by atoms with Crippen molar-refractivity contribution >= 4 is 35.3 Å². The van der Waals surface area contributed by atoms with Crippen LogP contribution in [0.2, 0.25) is 0 Å². The van der Waals surface area contributed by atoms with Gasteiger partial charge in [-0.2, -0.15) is 0 Å². The number of alkyl carbamates (subject to hydrolysis) is 1. The quantitative estimate of drug-likeness (QED) is 0.178. The van der Waals surface area contributed by atoms with Gasteiger partial charge in [0, 0.05) is 42.9 Å². The number of carbonyl (C=O) groups is 4. The number of amides is 3. The average molecular weight is 481 g/mol. The zero-order valence-corrected chi connectivity index (χ0v) is 19.9. The van der Waals surface area contributed by atoms with Crippen LogP contribution >= 0.6 is 0 Å². The van der Waals surface area contributed by atoms with Crippen molar-refractivity contribution in [1.29, 1.82) is 0 Å². The molecule has 0 spiro atoms. The summed E-state index contributed by atoms with van der Waals surface area (Å²) in [7, 11) is 1.22. The number of ether oxygens (including phenoxy) is 2. The first kappa shape index (κ1) is 28.3. The van der Waals surface area contributed by atoms with Crippen LogP contribution in [0.5, 0.6) is 0 Å². The number of nitro groups is 1. The number of methoxy groups -OCH3 is 1. The number of rotatable bonds is 12. The van der Waals surface area contributed by atoms with Gasteiger partial charge in [-0.05, 0) is 39.7 Å². The first-order chi connectivity index (χ1) is 15.9. The summed E-state index contributed by atoms with van der Waals surface area (Å²) in [5.74, 6) is -1.49. The molecular weight excluding hydrogens is 448 g/mol. The topological polar surface area (TPSA) is 166 Å². The fourth-order valence-electron chi connectivity index (χ4n) is 2.72. The van der Waals surface area contributed by atoms with Crippen molar-refractivity contribution in [2.24, 2.45) is 0 Å². The van der Waals surface area contributed by atoms with Crippen LogP contribution in [0.3, 0.4) is 0 Å². The SMILES string of the molecule is COC(=O)CCNC(=O)c1cc(NC(=O)CCCCCNC(=O)OC(C)(C)C)cc([N+](=O)[O-])c1. The van der Waals surface area contributed by atoms with Crippen LogP contribution in [0.1, 0.15) is 63.2 Å². The number of benzene rings is 1. The van der Waals surface area contributed by atoms with Gasteiger partial charge in [0.05, 0.1) is 18.5 Å². The van der Waals surface area contributed by atoms with E-state index in [0.29, 0.717) is 25.8 Å². The van der Waals surface area contributed by atoms with Gasteiger partial charge in [-0.15, -0.1) is 0 Å². The van der Waals surface area contributed by atoms with Gasteiger partial charge in [-0.25, -0.2) is 4.79 Å². The highest BCUT2D eigenvalue weighted by atomic mass is 16.6. The molecule has 3 amide bonds. The zero-order valence-electron chi connectivity index (χ0n) is 19.9. The molecule has 1 rings (SSSR count). The fraction of sp³-hybridized carbons (Fsp3) is 0.545. The first-order valence-electron chi connectivity index (χ1n) is 10.8. The highest BCUT2D eigenvalue weighted by Crippen LogP contribution is 2.21. The molecule has 0 aromatic heterocycles. The van der Waals surface area contributed by atoms with Crippen LogP contribution in [-0.4, -0.2) is 54.6 Å². The summed E-state index contributed by atoms with van der Waals surface area (Å²) in [5.41, 5.74) is -0.839. The van der Waals surface area contributed by atoms with Crippen molar-refractivity contribution in [2.75, 3.05) is 25.5 Å². The first-order valence-corrected chi connectivity index (χ1v) is 10.8. The molecule has 0 unspecified atom stereocenters. The maximum atomic E-state index is 12.3. The Kier molecular flexibility index (Phi) is 11.5. The normalized spacial score (nSPS) is 10.7. The van der Waals surface area contributed by atoms with Crippen molar-refractivity contribution in [3.63, 3.8) is 0 Å². The van der Waals surface area contributed by atoms with Crippen LogP contribution in [0, 0.1) is 10.1 Å². The molecule has 0 heterocycles. The molecule has 188 valence electrons. The predicted octanol–water partition coefficient (Wildman–Crippen LogP) is 2.91. The minimum Gasteiger partial charge on any atom is -0.469 e. The van der Waals surface area contributed by atoms with Gasteiger partial charge in [0.1, 0.15) is 5.60 Å². The highest BCUT2D eigenvalue weighted by molar-refractivity contribution is 5.98. The molecule has 12 nitrogen and oxygen atoms in total. The van der Waals surface area contributed by atoms with Crippen molar-refractivity contribution < 1.29 is 33.6 Å². The molecule has 34 heavy (non-hydrogen) atoms. The Hall–Kier alpha value is -3.70. The van der Waals surface area contributed by atoms with Crippen molar-refractivity contribution in [3.8, 4) is 0 Å². The maximum absolute atomic E-state index is 12.3. The molecule has 0 fully saturated rings. The van der Waals surface area contributed by atoms with E-state index in [1.165, 1.54) is 13.2 Å². The second kappa shape index (κ2) is 13.8. The van der Waals surface area contributed by atoms with E-state index in [-0.39, 0.29) is 42.2 Å². The molecule has 3 N–H and O–H groups in total. The molecule has 0 bridgehead atoms. The third kappa shape index (κ3) is 11.8. The third-order valence-corrected chi connectivity index (χ3v) is 4.27.